The summed E-state index contributed by atoms with van der Waals surface area (Å²) in [6.45, 7) is 6.42. The summed E-state index contributed by atoms with van der Waals surface area (Å²) in [6, 6.07) is 2.28. The van der Waals surface area contributed by atoms with Crippen molar-refractivity contribution in [3.05, 3.63) is 0 Å². The van der Waals surface area contributed by atoms with Crippen LogP contribution in [0.1, 0.15) is 46.5 Å². The standard InChI is InChI=1S/C12H21NO2/c1-4-10-8-12(14,6-7-15-10)11(3,5-2)9-13/h10,14H,4-8H2,1-3H3. The maximum absolute atomic E-state index is 10.6. The molecule has 1 aliphatic heterocycles. The Labute approximate surface area is 92.0 Å². The lowest BCUT2D eigenvalue weighted by molar-refractivity contribution is -0.148. The summed E-state index contributed by atoms with van der Waals surface area (Å²) in [5, 5.41) is 19.8. The SMILES string of the molecule is CCC1CC(O)(C(C)(C#N)CC)CCO1. The van der Waals surface area contributed by atoms with Crippen LogP contribution in [0.2, 0.25) is 0 Å². The van der Waals surface area contributed by atoms with Crippen LogP contribution < -0.4 is 0 Å². The summed E-state index contributed by atoms with van der Waals surface area (Å²) < 4.78 is 5.54. The summed E-state index contributed by atoms with van der Waals surface area (Å²) >= 11 is 0. The van der Waals surface area contributed by atoms with E-state index in [1.807, 2.05) is 20.8 Å². The average Bonchev–Trinajstić information content (AvgIpc) is 2.27. The maximum Gasteiger partial charge on any atom is 0.0877 e. The number of hydrogen-bond acceptors (Lipinski definition) is 3. The lowest BCUT2D eigenvalue weighted by Crippen LogP contribution is -2.51. The Balaban J connectivity index is 2.86. The summed E-state index contributed by atoms with van der Waals surface area (Å²) in [5.41, 5.74) is -1.53. The molecule has 86 valence electrons. The van der Waals surface area contributed by atoms with E-state index in [0.29, 0.717) is 25.9 Å². The average molecular weight is 211 g/mol. The molecule has 3 atom stereocenters. The molecule has 0 amide bonds. The first-order chi connectivity index (χ1) is 7.01. The molecule has 15 heavy (non-hydrogen) atoms. The van der Waals surface area contributed by atoms with E-state index < -0.39 is 11.0 Å². The molecule has 0 aromatic heterocycles. The first kappa shape index (κ1) is 12.5. The van der Waals surface area contributed by atoms with Gasteiger partial charge in [-0.2, -0.15) is 5.26 Å². The predicted octanol–water partition coefficient (Wildman–Crippen LogP) is 2.25. The Morgan fingerprint density at radius 3 is 2.73 bits per heavy atom. The second kappa shape index (κ2) is 4.51. The van der Waals surface area contributed by atoms with E-state index >= 15 is 0 Å². The van der Waals surface area contributed by atoms with Gasteiger partial charge in [-0.1, -0.05) is 13.8 Å². The van der Waals surface area contributed by atoms with Gasteiger partial charge in [0.25, 0.3) is 0 Å². The first-order valence-electron chi connectivity index (χ1n) is 5.76. The predicted molar refractivity (Wildman–Crippen MR) is 58.2 cm³/mol. The van der Waals surface area contributed by atoms with Gasteiger partial charge in [-0.05, 0) is 19.8 Å². The molecule has 0 radical (unpaired) electrons. The highest BCUT2D eigenvalue weighted by atomic mass is 16.5. The smallest absolute Gasteiger partial charge is 0.0877 e. The van der Waals surface area contributed by atoms with Crippen LogP contribution in [0.25, 0.3) is 0 Å². The lowest BCUT2D eigenvalue weighted by atomic mass is 9.67. The van der Waals surface area contributed by atoms with Crippen LogP contribution >= 0.6 is 0 Å². The molecule has 0 aliphatic carbocycles. The van der Waals surface area contributed by atoms with Crippen molar-refractivity contribution in [2.24, 2.45) is 5.41 Å². The van der Waals surface area contributed by atoms with Crippen molar-refractivity contribution >= 4 is 0 Å². The van der Waals surface area contributed by atoms with E-state index in [2.05, 4.69) is 6.07 Å². The molecular formula is C12H21NO2. The summed E-state index contributed by atoms with van der Waals surface area (Å²) in [7, 11) is 0. The van der Waals surface area contributed by atoms with Crippen LogP contribution in [0.15, 0.2) is 0 Å². The Hall–Kier alpha value is -0.590. The molecule has 0 aromatic rings. The third kappa shape index (κ3) is 2.16. The van der Waals surface area contributed by atoms with Crippen molar-refractivity contribution in [2.45, 2.75) is 58.2 Å². The number of nitriles is 1. The zero-order chi connectivity index (χ0) is 11.5. The fourth-order valence-electron chi connectivity index (χ4n) is 2.21. The number of rotatable bonds is 3. The Morgan fingerprint density at radius 1 is 1.60 bits per heavy atom. The van der Waals surface area contributed by atoms with Crippen molar-refractivity contribution in [3.63, 3.8) is 0 Å². The van der Waals surface area contributed by atoms with E-state index in [0.717, 1.165) is 6.42 Å². The fraction of sp³-hybridized carbons (Fsp3) is 0.917. The molecule has 1 heterocycles. The zero-order valence-corrected chi connectivity index (χ0v) is 9.92. The van der Waals surface area contributed by atoms with Crippen molar-refractivity contribution in [1.82, 2.24) is 0 Å². The molecule has 3 unspecified atom stereocenters. The molecule has 3 heteroatoms. The second-order valence-electron chi connectivity index (χ2n) is 4.68. The van der Waals surface area contributed by atoms with Crippen LogP contribution in [-0.4, -0.2) is 23.4 Å². The number of aliphatic hydroxyl groups is 1. The van der Waals surface area contributed by atoms with E-state index in [9.17, 15) is 10.4 Å². The van der Waals surface area contributed by atoms with Crippen LogP contribution in [0.5, 0.6) is 0 Å². The molecule has 0 saturated carbocycles. The highest BCUT2D eigenvalue weighted by Crippen LogP contribution is 2.42. The van der Waals surface area contributed by atoms with Crippen LogP contribution in [0, 0.1) is 16.7 Å². The Bertz CT molecular complexity index is 261. The third-order valence-corrected chi connectivity index (χ3v) is 3.87. The molecule has 3 nitrogen and oxygen atoms in total. The molecular weight excluding hydrogens is 190 g/mol. The van der Waals surface area contributed by atoms with Gasteiger partial charge in [0.15, 0.2) is 0 Å². The summed E-state index contributed by atoms with van der Waals surface area (Å²) in [5.74, 6) is 0. The summed E-state index contributed by atoms with van der Waals surface area (Å²) in [4.78, 5) is 0. The zero-order valence-electron chi connectivity index (χ0n) is 9.92. The highest BCUT2D eigenvalue weighted by molar-refractivity contribution is 5.10. The van der Waals surface area contributed by atoms with Gasteiger partial charge in [-0.25, -0.2) is 0 Å². The molecule has 1 saturated heterocycles. The number of nitrogens with zero attached hydrogens (tertiary/aromatic N) is 1. The second-order valence-corrected chi connectivity index (χ2v) is 4.68. The van der Waals surface area contributed by atoms with Gasteiger partial charge in [0.2, 0.25) is 0 Å². The van der Waals surface area contributed by atoms with Crippen LogP contribution in [-0.2, 0) is 4.74 Å². The maximum atomic E-state index is 10.6. The van der Waals surface area contributed by atoms with Crippen molar-refractivity contribution in [1.29, 1.82) is 5.26 Å². The van der Waals surface area contributed by atoms with E-state index in [1.54, 1.807) is 0 Å². The van der Waals surface area contributed by atoms with Crippen LogP contribution in [0.3, 0.4) is 0 Å². The molecule has 1 aliphatic rings. The normalized spacial score (nSPS) is 35.5. The minimum absolute atomic E-state index is 0.1000. The lowest BCUT2D eigenvalue weighted by Gasteiger charge is -2.45. The number of hydrogen-bond donors (Lipinski definition) is 1. The molecule has 1 N–H and O–H groups in total. The van der Waals surface area contributed by atoms with Gasteiger partial charge in [0.1, 0.15) is 0 Å². The molecule has 0 spiro atoms. The van der Waals surface area contributed by atoms with Gasteiger partial charge >= 0.3 is 0 Å². The topological polar surface area (TPSA) is 53.2 Å². The van der Waals surface area contributed by atoms with Crippen LogP contribution in [0.4, 0.5) is 0 Å². The molecule has 1 fully saturated rings. The minimum atomic E-state index is -0.880. The quantitative estimate of drug-likeness (QED) is 0.779. The van der Waals surface area contributed by atoms with Crippen molar-refractivity contribution in [3.8, 4) is 6.07 Å². The molecule has 1 rings (SSSR count). The highest BCUT2D eigenvalue weighted by Gasteiger charge is 2.48. The molecule has 0 aromatic carbocycles. The van der Waals surface area contributed by atoms with Gasteiger partial charge < -0.3 is 9.84 Å². The van der Waals surface area contributed by atoms with E-state index in [1.165, 1.54) is 0 Å². The van der Waals surface area contributed by atoms with Crippen molar-refractivity contribution < 1.29 is 9.84 Å². The largest absolute Gasteiger partial charge is 0.388 e. The minimum Gasteiger partial charge on any atom is -0.388 e. The van der Waals surface area contributed by atoms with Gasteiger partial charge in [0.05, 0.1) is 23.2 Å². The van der Waals surface area contributed by atoms with Gasteiger partial charge in [-0.3, -0.25) is 0 Å². The Morgan fingerprint density at radius 2 is 2.27 bits per heavy atom. The molecule has 0 bridgehead atoms. The number of ether oxygens (including phenoxy) is 1. The Kier molecular flexibility index (Phi) is 3.75. The third-order valence-electron chi connectivity index (χ3n) is 3.87. The first-order valence-corrected chi connectivity index (χ1v) is 5.76. The van der Waals surface area contributed by atoms with E-state index in [-0.39, 0.29) is 6.10 Å². The summed E-state index contributed by atoms with van der Waals surface area (Å²) in [6.07, 6.45) is 2.83. The van der Waals surface area contributed by atoms with E-state index in [4.69, 9.17) is 4.74 Å². The monoisotopic (exact) mass is 211 g/mol. The van der Waals surface area contributed by atoms with Gasteiger partial charge in [-0.15, -0.1) is 0 Å². The van der Waals surface area contributed by atoms with Gasteiger partial charge in [0, 0.05) is 19.4 Å². The van der Waals surface area contributed by atoms with Crippen molar-refractivity contribution in [2.75, 3.05) is 6.61 Å². The fourth-order valence-corrected chi connectivity index (χ4v) is 2.21.